The number of allylic oxidation sites excluding steroid dienone is 1. The van der Waals surface area contributed by atoms with Gasteiger partial charge in [-0.15, -0.1) is 11.8 Å². The Labute approximate surface area is 254 Å². The molecule has 5 rings (SSSR count). The van der Waals surface area contributed by atoms with Crippen LogP contribution < -0.4 is 21.2 Å². The zero-order valence-electron chi connectivity index (χ0n) is 24.6. The Balaban J connectivity index is 1.85. The van der Waals surface area contributed by atoms with Gasteiger partial charge in [0.25, 0.3) is 0 Å². The lowest BCUT2D eigenvalue weighted by Gasteiger charge is -2.45. The van der Waals surface area contributed by atoms with Gasteiger partial charge >= 0.3 is 11.9 Å². The van der Waals surface area contributed by atoms with Crippen molar-refractivity contribution in [2.24, 2.45) is 7.05 Å². The third kappa shape index (κ3) is 5.56. The smallest absolute Gasteiger partial charge is 0.383 e. The van der Waals surface area contributed by atoms with Crippen LogP contribution in [-0.2, 0) is 22.8 Å². The molecule has 0 spiro atoms. The summed E-state index contributed by atoms with van der Waals surface area (Å²) in [5.41, 5.74) is -1.30. The van der Waals surface area contributed by atoms with Crippen LogP contribution in [0.2, 0.25) is 0 Å². The lowest BCUT2D eigenvalue weighted by Crippen LogP contribution is -2.58. The molecule has 3 atom stereocenters. The first-order valence-electron chi connectivity index (χ1n) is 13.9. The number of ether oxygens (including phenoxy) is 1. The molecule has 3 aromatic rings. The molecule has 0 N–H and O–H groups in total. The van der Waals surface area contributed by atoms with Crippen LogP contribution in [0.4, 0.5) is 23.4 Å². The quantitative estimate of drug-likeness (QED) is 0.305. The van der Waals surface area contributed by atoms with E-state index in [9.17, 15) is 27.2 Å². The molecule has 234 valence electrons. The van der Waals surface area contributed by atoms with E-state index < -0.39 is 23.5 Å². The number of halogens is 4. The van der Waals surface area contributed by atoms with Crippen molar-refractivity contribution in [3.63, 3.8) is 0 Å². The number of methoxy groups -OCH3 is 1. The number of benzene rings is 1. The molecule has 44 heavy (non-hydrogen) atoms. The van der Waals surface area contributed by atoms with Gasteiger partial charge in [-0.05, 0) is 44.2 Å². The minimum atomic E-state index is -4.77. The van der Waals surface area contributed by atoms with Gasteiger partial charge in [0.05, 0.1) is 41.6 Å². The fraction of sp³-hybridized carbons (Fsp3) is 0.400. The van der Waals surface area contributed by atoms with Crippen molar-refractivity contribution in [2.45, 2.75) is 43.0 Å². The lowest BCUT2D eigenvalue weighted by molar-refractivity contribution is -0.137. The summed E-state index contributed by atoms with van der Waals surface area (Å²) in [6, 6.07) is -0.0525. The SMILES string of the molecule is C=CC(=O)N1C(C)CN(c2nc(=O)n3c4c(c(/C=c5/c(=C\C=C\F)cnn5C)c(C(F)(F)F)cc24)SCC3COC)CC1C. The van der Waals surface area contributed by atoms with E-state index in [2.05, 4.69) is 16.7 Å². The van der Waals surface area contributed by atoms with Crippen LogP contribution in [0, 0.1) is 0 Å². The Hall–Kier alpha value is -3.91. The van der Waals surface area contributed by atoms with Crippen LogP contribution in [0.25, 0.3) is 23.1 Å². The van der Waals surface area contributed by atoms with Gasteiger partial charge in [0.15, 0.2) is 0 Å². The van der Waals surface area contributed by atoms with E-state index in [-0.39, 0.29) is 65.1 Å². The first-order valence-corrected chi connectivity index (χ1v) is 14.9. The number of carbonyl (C=O) groups is 1. The first-order chi connectivity index (χ1) is 20.9. The van der Waals surface area contributed by atoms with Gasteiger partial charge in [-0.2, -0.15) is 23.3 Å². The number of thioether (sulfide) groups is 1. The minimum absolute atomic E-state index is 0.123. The highest BCUT2D eigenvalue weighted by molar-refractivity contribution is 7.99. The maximum atomic E-state index is 14.9. The number of nitrogens with zero attached hydrogens (tertiary/aromatic N) is 6. The number of aryl methyl sites for hydroxylation is 1. The number of amides is 1. The van der Waals surface area contributed by atoms with Crippen molar-refractivity contribution < 1.29 is 27.1 Å². The molecule has 1 fully saturated rings. The normalized spacial score (nSPS) is 21.6. The Morgan fingerprint density at radius 2 is 1.95 bits per heavy atom. The Kier molecular flexibility index (Phi) is 8.76. The van der Waals surface area contributed by atoms with Gasteiger partial charge in [0.2, 0.25) is 5.91 Å². The van der Waals surface area contributed by atoms with Crippen molar-refractivity contribution in [1.29, 1.82) is 0 Å². The zero-order chi connectivity index (χ0) is 31.9. The summed E-state index contributed by atoms with van der Waals surface area (Å²) in [6.07, 6.45) is 2.15. The highest BCUT2D eigenvalue weighted by Crippen LogP contribution is 2.46. The molecule has 2 aliphatic rings. The number of hydrogen-bond donors (Lipinski definition) is 0. The molecule has 2 aliphatic heterocycles. The Morgan fingerprint density at radius 1 is 1.25 bits per heavy atom. The topological polar surface area (TPSA) is 85.5 Å². The van der Waals surface area contributed by atoms with Gasteiger partial charge in [-0.3, -0.25) is 14.0 Å². The van der Waals surface area contributed by atoms with E-state index in [1.807, 2.05) is 13.8 Å². The largest absolute Gasteiger partial charge is 0.417 e. The molecule has 1 saturated heterocycles. The molecule has 0 saturated carbocycles. The van der Waals surface area contributed by atoms with Gasteiger partial charge in [-0.25, -0.2) is 9.18 Å². The number of alkyl halides is 3. The summed E-state index contributed by atoms with van der Waals surface area (Å²) in [7, 11) is 3.08. The Bertz CT molecular complexity index is 1820. The minimum Gasteiger partial charge on any atom is -0.383 e. The van der Waals surface area contributed by atoms with E-state index >= 15 is 0 Å². The predicted molar refractivity (Wildman–Crippen MR) is 162 cm³/mol. The maximum absolute atomic E-state index is 14.9. The highest BCUT2D eigenvalue weighted by atomic mass is 32.2. The molecule has 2 aromatic heterocycles. The number of anilines is 1. The molecule has 14 heteroatoms. The number of rotatable bonds is 6. The molecular formula is C30H32F4N6O3S. The van der Waals surface area contributed by atoms with Crippen molar-refractivity contribution in [3.05, 3.63) is 69.5 Å². The molecule has 9 nitrogen and oxygen atoms in total. The van der Waals surface area contributed by atoms with Crippen molar-refractivity contribution in [2.75, 3.05) is 37.5 Å². The summed E-state index contributed by atoms with van der Waals surface area (Å²) in [5, 5.41) is 5.09. The molecule has 1 amide bonds. The molecule has 3 unspecified atom stereocenters. The summed E-state index contributed by atoms with van der Waals surface area (Å²) in [4.78, 5) is 34.3. The van der Waals surface area contributed by atoms with Gasteiger partial charge < -0.3 is 14.5 Å². The monoisotopic (exact) mass is 632 g/mol. The average molecular weight is 633 g/mol. The fourth-order valence-corrected chi connectivity index (χ4v) is 7.40. The van der Waals surface area contributed by atoms with Crippen molar-refractivity contribution in [3.8, 4) is 0 Å². The van der Waals surface area contributed by atoms with Crippen molar-refractivity contribution >= 4 is 46.5 Å². The molecule has 1 aromatic carbocycles. The van der Waals surface area contributed by atoms with Gasteiger partial charge in [-0.1, -0.05) is 6.58 Å². The zero-order valence-corrected chi connectivity index (χ0v) is 25.5. The summed E-state index contributed by atoms with van der Waals surface area (Å²) >= 11 is 1.21. The van der Waals surface area contributed by atoms with E-state index in [0.717, 1.165) is 12.1 Å². The number of piperazine rings is 1. The Morgan fingerprint density at radius 3 is 2.57 bits per heavy atom. The van der Waals surface area contributed by atoms with E-state index in [4.69, 9.17) is 4.74 Å². The van der Waals surface area contributed by atoms with E-state index in [0.29, 0.717) is 22.4 Å². The predicted octanol–water partition coefficient (Wildman–Crippen LogP) is 3.15. The van der Waals surface area contributed by atoms with Crippen LogP contribution in [0.1, 0.15) is 31.0 Å². The number of hydrogen-bond acceptors (Lipinski definition) is 7. The van der Waals surface area contributed by atoms with Gasteiger partial charge in [0.1, 0.15) is 5.82 Å². The second-order valence-corrected chi connectivity index (χ2v) is 11.9. The van der Waals surface area contributed by atoms with E-state index in [1.54, 1.807) is 16.8 Å². The standard InChI is InChI=1S/C30H32F4N6O3S/c1-6-25(41)39-17(2)13-38(14-18(39)3)28-22-10-23(30(32,33)34)21(11-24-19(8-7-9-31)12-35-37(24)4)27-26(22)40(29(42)36-28)20(15-43-5)16-44-27/h6-12,17-18,20H,1,13-16H2,2-5H3/b9-7+,19-8-,24-11-. The second kappa shape index (κ2) is 12.2. The van der Waals surface area contributed by atoms with Gasteiger partial charge in [0, 0.05) is 66.1 Å². The summed E-state index contributed by atoms with van der Waals surface area (Å²) in [5.74, 6) is 0.164. The van der Waals surface area contributed by atoms with E-state index in [1.165, 1.54) is 52.5 Å². The maximum Gasteiger partial charge on any atom is 0.417 e. The van der Waals surface area contributed by atoms with Crippen LogP contribution in [-0.4, -0.2) is 74.8 Å². The first kappa shape index (κ1) is 31.5. The number of carbonyl (C=O) groups excluding carboxylic acids is 1. The van der Waals surface area contributed by atoms with Crippen LogP contribution in [0.15, 0.2) is 47.0 Å². The van der Waals surface area contributed by atoms with Crippen LogP contribution >= 0.6 is 11.8 Å². The average Bonchev–Trinajstić information content (AvgIpc) is 3.32. The molecular weight excluding hydrogens is 600 g/mol. The third-order valence-electron chi connectivity index (χ3n) is 7.92. The molecule has 0 bridgehead atoms. The van der Waals surface area contributed by atoms with Crippen molar-refractivity contribution in [1.82, 2.24) is 24.2 Å². The molecule has 0 radical (unpaired) electrons. The lowest BCUT2D eigenvalue weighted by atomic mass is 10.0. The summed E-state index contributed by atoms with van der Waals surface area (Å²) < 4.78 is 65.7. The van der Waals surface area contributed by atoms with Crippen LogP contribution in [0.3, 0.4) is 0 Å². The number of aromatic nitrogens is 4. The molecule has 4 heterocycles. The fourth-order valence-electron chi connectivity index (χ4n) is 6.13. The summed E-state index contributed by atoms with van der Waals surface area (Å²) in [6.45, 7) is 7.92. The second-order valence-electron chi connectivity index (χ2n) is 10.9. The molecule has 0 aliphatic carbocycles. The van der Waals surface area contributed by atoms with Crippen LogP contribution in [0.5, 0.6) is 0 Å². The highest BCUT2D eigenvalue weighted by Gasteiger charge is 2.39. The third-order valence-corrected chi connectivity index (χ3v) is 9.18.